The number of fused-ring (bicyclic) bond motifs is 1. The van der Waals surface area contributed by atoms with Crippen LogP contribution in [0, 0.1) is 13.8 Å². The van der Waals surface area contributed by atoms with Crippen molar-refractivity contribution >= 4 is 32.6 Å². The summed E-state index contributed by atoms with van der Waals surface area (Å²) < 4.78 is 28.4. The average molecular weight is 390 g/mol. The van der Waals surface area contributed by atoms with Crippen molar-refractivity contribution in [3.05, 3.63) is 41.1 Å². The van der Waals surface area contributed by atoms with Crippen LogP contribution in [0.1, 0.15) is 28.0 Å². The van der Waals surface area contributed by atoms with Gasteiger partial charge in [0.05, 0.1) is 28.3 Å². The van der Waals surface area contributed by atoms with E-state index in [-0.39, 0.29) is 17.5 Å². The normalized spacial score (nSPS) is 18.4. The molecule has 27 heavy (non-hydrogen) atoms. The van der Waals surface area contributed by atoms with E-state index in [0.717, 1.165) is 16.5 Å². The second-order valence-electron chi connectivity index (χ2n) is 6.85. The van der Waals surface area contributed by atoms with Crippen LogP contribution in [0.2, 0.25) is 0 Å². The molecular weight excluding hydrogens is 368 g/mol. The van der Waals surface area contributed by atoms with Gasteiger partial charge in [0, 0.05) is 18.5 Å². The molecule has 0 N–H and O–H groups in total. The monoisotopic (exact) mass is 390 g/mol. The molecule has 1 saturated heterocycles. The molecule has 3 rings (SSSR count). The van der Waals surface area contributed by atoms with E-state index in [0.29, 0.717) is 17.7 Å². The van der Waals surface area contributed by atoms with Crippen molar-refractivity contribution in [2.24, 2.45) is 0 Å². The number of hydrogen-bond acceptors (Lipinski definition) is 6. The maximum absolute atomic E-state index is 12.6. The molecule has 1 atom stereocenters. The molecule has 1 fully saturated rings. The molecule has 144 valence electrons. The second kappa shape index (κ2) is 7.26. The van der Waals surface area contributed by atoms with E-state index >= 15 is 0 Å². The van der Waals surface area contributed by atoms with Gasteiger partial charge in [-0.1, -0.05) is 18.2 Å². The largest absolute Gasteiger partial charge is 0.452 e. The molecule has 0 spiro atoms. The standard InChI is InChI=1S/C19H22N2O5S/c1-12-15-6-4-5-7-16(15)20-13(2)18(12)19(23)26-10-17(22)21(3)14-8-9-27(24,25)11-14/h4-7,14H,8-11H2,1-3H3/t14-/m1/s1. The Hall–Kier alpha value is -2.48. The fourth-order valence-electron chi connectivity index (χ4n) is 3.42. The molecule has 1 aromatic carbocycles. The number of amides is 1. The first-order chi connectivity index (χ1) is 12.7. The highest BCUT2D eigenvalue weighted by atomic mass is 32.2. The lowest BCUT2D eigenvalue weighted by molar-refractivity contribution is -0.134. The third-order valence-corrected chi connectivity index (χ3v) is 6.76. The summed E-state index contributed by atoms with van der Waals surface area (Å²) in [5.74, 6) is -0.995. The van der Waals surface area contributed by atoms with Crippen molar-refractivity contribution < 1.29 is 22.7 Å². The Labute approximate surface area is 158 Å². The molecule has 1 aliphatic heterocycles. The van der Waals surface area contributed by atoms with Gasteiger partial charge in [-0.25, -0.2) is 13.2 Å². The molecule has 8 heteroatoms. The fourth-order valence-corrected chi connectivity index (χ4v) is 5.19. The number of aromatic nitrogens is 1. The molecule has 1 amide bonds. The fraction of sp³-hybridized carbons (Fsp3) is 0.421. The smallest absolute Gasteiger partial charge is 0.340 e. The van der Waals surface area contributed by atoms with E-state index in [4.69, 9.17) is 4.74 Å². The number of ether oxygens (including phenoxy) is 1. The van der Waals surface area contributed by atoms with Gasteiger partial charge in [-0.3, -0.25) is 9.78 Å². The van der Waals surface area contributed by atoms with Crippen LogP contribution in [0.3, 0.4) is 0 Å². The zero-order chi connectivity index (χ0) is 19.8. The van der Waals surface area contributed by atoms with E-state index in [9.17, 15) is 18.0 Å². The Balaban J connectivity index is 1.71. The first kappa shape index (κ1) is 19.3. The minimum absolute atomic E-state index is 0.0456. The maximum Gasteiger partial charge on any atom is 0.340 e. The SMILES string of the molecule is Cc1nc2ccccc2c(C)c1C(=O)OCC(=O)N(C)[C@@H]1CCS(=O)(=O)C1. The van der Waals surface area contributed by atoms with E-state index < -0.39 is 28.3 Å². The summed E-state index contributed by atoms with van der Waals surface area (Å²) in [5.41, 5.74) is 2.44. The minimum Gasteiger partial charge on any atom is -0.452 e. The predicted octanol–water partition coefficient (Wildman–Crippen LogP) is 1.65. The maximum atomic E-state index is 12.6. The van der Waals surface area contributed by atoms with Gasteiger partial charge in [0.2, 0.25) is 0 Å². The summed E-state index contributed by atoms with van der Waals surface area (Å²) >= 11 is 0. The van der Waals surface area contributed by atoms with Crippen molar-refractivity contribution in [2.75, 3.05) is 25.2 Å². The van der Waals surface area contributed by atoms with E-state index in [1.165, 1.54) is 11.9 Å². The van der Waals surface area contributed by atoms with Gasteiger partial charge >= 0.3 is 5.97 Å². The quantitative estimate of drug-likeness (QED) is 0.737. The van der Waals surface area contributed by atoms with Crippen LogP contribution in [0.5, 0.6) is 0 Å². The van der Waals surface area contributed by atoms with Crippen molar-refractivity contribution in [2.45, 2.75) is 26.3 Å². The summed E-state index contributed by atoms with van der Waals surface area (Å²) in [5, 5.41) is 0.856. The van der Waals surface area contributed by atoms with Gasteiger partial charge in [-0.15, -0.1) is 0 Å². The van der Waals surface area contributed by atoms with Crippen LogP contribution >= 0.6 is 0 Å². The molecule has 0 radical (unpaired) electrons. The topological polar surface area (TPSA) is 93.6 Å². The van der Waals surface area contributed by atoms with Gasteiger partial charge in [0.15, 0.2) is 16.4 Å². The summed E-state index contributed by atoms with van der Waals surface area (Å²) in [4.78, 5) is 30.6. The predicted molar refractivity (Wildman–Crippen MR) is 101 cm³/mol. The van der Waals surface area contributed by atoms with E-state index in [1.807, 2.05) is 31.2 Å². The molecule has 0 saturated carbocycles. The first-order valence-electron chi connectivity index (χ1n) is 8.69. The summed E-state index contributed by atoms with van der Waals surface area (Å²) in [6, 6.07) is 7.14. The Morgan fingerprint density at radius 2 is 1.96 bits per heavy atom. The van der Waals surface area contributed by atoms with Crippen molar-refractivity contribution in [1.29, 1.82) is 0 Å². The molecule has 7 nitrogen and oxygen atoms in total. The van der Waals surface area contributed by atoms with Crippen molar-refractivity contribution in [1.82, 2.24) is 9.88 Å². The average Bonchev–Trinajstić information content (AvgIpc) is 2.98. The number of sulfone groups is 1. The van der Waals surface area contributed by atoms with Gasteiger partial charge in [-0.05, 0) is 31.9 Å². The zero-order valence-corrected chi connectivity index (χ0v) is 16.4. The highest BCUT2D eigenvalue weighted by Gasteiger charge is 2.33. The summed E-state index contributed by atoms with van der Waals surface area (Å²) in [7, 11) is -1.55. The molecule has 0 bridgehead atoms. The first-order valence-corrected chi connectivity index (χ1v) is 10.5. The van der Waals surface area contributed by atoms with E-state index in [2.05, 4.69) is 4.98 Å². The number of aryl methyl sites for hydroxylation is 2. The molecule has 1 aromatic heterocycles. The number of hydrogen-bond donors (Lipinski definition) is 0. The van der Waals surface area contributed by atoms with Gasteiger partial charge in [0.1, 0.15) is 0 Å². The van der Waals surface area contributed by atoms with Crippen LogP contribution in [0.15, 0.2) is 24.3 Å². The van der Waals surface area contributed by atoms with E-state index in [1.54, 1.807) is 6.92 Å². The lowest BCUT2D eigenvalue weighted by Crippen LogP contribution is -2.40. The molecule has 2 heterocycles. The molecule has 0 aliphatic carbocycles. The number of pyridine rings is 1. The molecule has 1 aliphatic rings. The Morgan fingerprint density at radius 3 is 2.63 bits per heavy atom. The van der Waals surface area contributed by atoms with Crippen LogP contribution in [0.4, 0.5) is 0 Å². The molecular formula is C19H22N2O5S. The van der Waals surface area contributed by atoms with Gasteiger partial charge in [-0.2, -0.15) is 0 Å². The van der Waals surface area contributed by atoms with Crippen LogP contribution < -0.4 is 0 Å². The van der Waals surface area contributed by atoms with Crippen LogP contribution in [-0.2, 0) is 19.4 Å². The van der Waals surface area contributed by atoms with Crippen molar-refractivity contribution in [3.63, 3.8) is 0 Å². The second-order valence-corrected chi connectivity index (χ2v) is 9.08. The number of carbonyl (C=O) groups is 2. The molecule has 0 unspecified atom stereocenters. The number of nitrogens with zero attached hydrogens (tertiary/aromatic N) is 2. The highest BCUT2D eigenvalue weighted by molar-refractivity contribution is 7.91. The number of rotatable bonds is 4. The van der Waals surface area contributed by atoms with Crippen LogP contribution in [0.25, 0.3) is 10.9 Å². The number of para-hydroxylation sites is 1. The minimum atomic E-state index is -3.09. The number of esters is 1. The lowest BCUT2D eigenvalue weighted by atomic mass is 10.0. The number of benzene rings is 1. The summed E-state index contributed by atoms with van der Waals surface area (Å²) in [6.07, 6.45) is 0.408. The number of carbonyl (C=O) groups excluding carboxylic acids is 2. The number of likely N-dealkylation sites (N-methyl/N-ethyl adjacent to an activating group) is 1. The van der Waals surface area contributed by atoms with Crippen LogP contribution in [-0.4, -0.2) is 61.4 Å². The van der Waals surface area contributed by atoms with Gasteiger partial charge < -0.3 is 9.64 Å². The third kappa shape index (κ3) is 3.95. The Kier molecular flexibility index (Phi) is 5.19. The highest BCUT2D eigenvalue weighted by Crippen LogP contribution is 2.23. The molecule has 2 aromatic rings. The van der Waals surface area contributed by atoms with Crippen molar-refractivity contribution in [3.8, 4) is 0 Å². The zero-order valence-electron chi connectivity index (χ0n) is 15.6. The Bertz CT molecular complexity index is 1020. The lowest BCUT2D eigenvalue weighted by Gasteiger charge is -2.23. The third-order valence-electron chi connectivity index (χ3n) is 5.01. The summed E-state index contributed by atoms with van der Waals surface area (Å²) in [6.45, 7) is 3.12. The Morgan fingerprint density at radius 1 is 1.26 bits per heavy atom. The van der Waals surface area contributed by atoms with Gasteiger partial charge in [0.25, 0.3) is 5.91 Å².